The van der Waals surface area contributed by atoms with Gasteiger partial charge in [0.15, 0.2) is 0 Å². The number of fused-ring (bicyclic) bond motifs is 3. The largest absolute Gasteiger partial charge is 0.351 e. The molecular weight excluding hydrogens is 286 g/mol. The molecule has 0 saturated carbocycles. The fourth-order valence-corrected chi connectivity index (χ4v) is 4.88. The number of thiophene rings is 2. The minimum atomic E-state index is 0.0892. The summed E-state index contributed by atoms with van der Waals surface area (Å²) < 4.78 is 0. The van der Waals surface area contributed by atoms with E-state index >= 15 is 0 Å². The quantitative estimate of drug-likeness (QED) is 0.833. The number of hydrogen-bond donors (Lipinski definition) is 1. The van der Waals surface area contributed by atoms with Crippen molar-refractivity contribution in [2.45, 2.75) is 39.5 Å². The van der Waals surface area contributed by atoms with Crippen LogP contribution in [0.15, 0.2) is 12.1 Å². The zero-order valence-electron chi connectivity index (χ0n) is 11.9. The lowest BCUT2D eigenvalue weighted by Crippen LogP contribution is -2.23. The van der Waals surface area contributed by atoms with Crippen molar-refractivity contribution in [1.29, 1.82) is 0 Å². The van der Waals surface area contributed by atoms with Crippen LogP contribution in [0.4, 0.5) is 0 Å². The van der Waals surface area contributed by atoms with E-state index < -0.39 is 0 Å². The van der Waals surface area contributed by atoms with E-state index in [0.717, 1.165) is 37.1 Å². The van der Waals surface area contributed by atoms with Crippen molar-refractivity contribution in [2.24, 2.45) is 0 Å². The van der Waals surface area contributed by atoms with Gasteiger partial charge in [0.2, 0.25) is 0 Å². The highest BCUT2D eigenvalue weighted by molar-refractivity contribution is 7.18. The van der Waals surface area contributed by atoms with Gasteiger partial charge in [0.1, 0.15) is 0 Å². The molecule has 0 fully saturated rings. The van der Waals surface area contributed by atoms with Crippen LogP contribution in [-0.2, 0) is 12.8 Å². The van der Waals surface area contributed by atoms with Gasteiger partial charge in [0, 0.05) is 26.7 Å². The van der Waals surface area contributed by atoms with Crippen LogP contribution in [0.25, 0.3) is 10.4 Å². The lowest BCUT2D eigenvalue weighted by Gasteiger charge is -2.10. The molecule has 0 saturated heterocycles. The molecular formula is C16H19NOS2. The average Bonchev–Trinajstić information content (AvgIpc) is 3.00. The fourth-order valence-electron chi connectivity index (χ4n) is 2.61. The normalized spacial score (nSPS) is 12.9. The van der Waals surface area contributed by atoms with Crippen molar-refractivity contribution in [3.05, 3.63) is 32.3 Å². The summed E-state index contributed by atoms with van der Waals surface area (Å²) >= 11 is 3.55. The molecule has 1 aliphatic rings. The highest BCUT2D eigenvalue weighted by Gasteiger charge is 2.23. The van der Waals surface area contributed by atoms with Gasteiger partial charge in [-0.05, 0) is 43.9 Å². The van der Waals surface area contributed by atoms with E-state index in [1.54, 1.807) is 11.3 Å². The lowest BCUT2D eigenvalue weighted by molar-refractivity contribution is 0.0957. The molecule has 0 spiro atoms. The van der Waals surface area contributed by atoms with Gasteiger partial charge in [-0.25, -0.2) is 0 Å². The van der Waals surface area contributed by atoms with Gasteiger partial charge >= 0.3 is 0 Å². The van der Waals surface area contributed by atoms with Gasteiger partial charge < -0.3 is 5.32 Å². The average molecular weight is 305 g/mol. The molecule has 2 aromatic heterocycles. The highest BCUT2D eigenvalue weighted by atomic mass is 32.1. The minimum absolute atomic E-state index is 0.0892. The zero-order chi connectivity index (χ0) is 14.1. The molecule has 2 aromatic rings. The van der Waals surface area contributed by atoms with Crippen LogP contribution in [-0.4, -0.2) is 12.5 Å². The first-order chi connectivity index (χ1) is 9.69. The second kappa shape index (κ2) is 5.70. The van der Waals surface area contributed by atoms with Crippen LogP contribution in [0.3, 0.4) is 0 Å². The summed E-state index contributed by atoms with van der Waals surface area (Å²) in [6, 6.07) is 4.37. The van der Waals surface area contributed by atoms with Crippen LogP contribution in [0.1, 0.15) is 44.8 Å². The summed E-state index contributed by atoms with van der Waals surface area (Å²) in [4.78, 5) is 17.2. The molecule has 0 aromatic carbocycles. The van der Waals surface area contributed by atoms with Gasteiger partial charge in [-0.2, -0.15) is 0 Å². The molecule has 20 heavy (non-hydrogen) atoms. The molecule has 2 heterocycles. The van der Waals surface area contributed by atoms with E-state index in [1.807, 2.05) is 11.3 Å². The van der Waals surface area contributed by atoms with Crippen LogP contribution in [0.5, 0.6) is 0 Å². The van der Waals surface area contributed by atoms with Crippen molar-refractivity contribution < 1.29 is 4.79 Å². The SMILES string of the molecule is CCCCNC(=O)c1cc2c(s1)-c1cc(C)sc1CC2. The highest BCUT2D eigenvalue weighted by Crippen LogP contribution is 2.43. The van der Waals surface area contributed by atoms with Gasteiger partial charge in [-0.3, -0.25) is 4.79 Å². The topological polar surface area (TPSA) is 29.1 Å². The van der Waals surface area contributed by atoms with E-state index in [0.29, 0.717) is 0 Å². The standard InChI is InChI=1S/C16H19NOS2/c1-3-4-7-17-16(18)14-9-11-5-6-13-12(15(11)20-14)8-10(2)19-13/h8-9H,3-7H2,1-2H3,(H,17,18). The summed E-state index contributed by atoms with van der Waals surface area (Å²) in [6.07, 6.45) is 4.35. The predicted molar refractivity (Wildman–Crippen MR) is 87.0 cm³/mol. The van der Waals surface area contributed by atoms with Crippen LogP contribution in [0, 0.1) is 6.92 Å². The summed E-state index contributed by atoms with van der Waals surface area (Å²) in [5, 5.41) is 3.01. The Hall–Kier alpha value is -1.13. The molecule has 0 atom stereocenters. The monoisotopic (exact) mass is 305 g/mol. The third kappa shape index (κ3) is 2.54. The first kappa shape index (κ1) is 13.8. The van der Waals surface area contributed by atoms with E-state index in [2.05, 4.69) is 31.3 Å². The summed E-state index contributed by atoms with van der Waals surface area (Å²) in [5.74, 6) is 0.0892. The first-order valence-corrected chi connectivity index (χ1v) is 8.83. The molecule has 1 N–H and O–H groups in total. The molecule has 1 aliphatic carbocycles. The number of rotatable bonds is 4. The number of hydrogen-bond acceptors (Lipinski definition) is 3. The Kier molecular flexibility index (Phi) is 3.94. The molecule has 0 unspecified atom stereocenters. The van der Waals surface area contributed by atoms with E-state index in [4.69, 9.17) is 0 Å². The Morgan fingerprint density at radius 1 is 1.30 bits per heavy atom. The third-order valence-electron chi connectivity index (χ3n) is 3.65. The van der Waals surface area contributed by atoms with E-state index in [1.165, 1.54) is 25.8 Å². The van der Waals surface area contributed by atoms with Gasteiger partial charge in [0.05, 0.1) is 4.88 Å². The summed E-state index contributed by atoms with van der Waals surface area (Å²) in [5.41, 5.74) is 2.72. The summed E-state index contributed by atoms with van der Waals surface area (Å²) in [6.45, 7) is 5.08. The van der Waals surface area contributed by atoms with Crippen molar-refractivity contribution in [1.82, 2.24) is 5.32 Å². The van der Waals surface area contributed by atoms with Crippen molar-refractivity contribution >= 4 is 28.6 Å². The first-order valence-electron chi connectivity index (χ1n) is 7.19. The van der Waals surface area contributed by atoms with Gasteiger partial charge in [0.25, 0.3) is 5.91 Å². The molecule has 0 bridgehead atoms. The fraction of sp³-hybridized carbons (Fsp3) is 0.438. The maximum atomic E-state index is 12.2. The molecule has 1 amide bonds. The zero-order valence-corrected chi connectivity index (χ0v) is 13.5. The van der Waals surface area contributed by atoms with Crippen LogP contribution < -0.4 is 5.32 Å². The van der Waals surface area contributed by atoms with E-state index in [-0.39, 0.29) is 5.91 Å². The van der Waals surface area contributed by atoms with Crippen molar-refractivity contribution in [3.8, 4) is 10.4 Å². The summed E-state index contributed by atoms with van der Waals surface area (Å²) in [7, 11) is 0. The number of unbranched alkanes of at least 4 members (excludes halogenated alkanes) is 1. The van der Waals surface area contributed by atoms with Crippen LogP contribution in [0.2, 0.25) is 0 Å². The molecule has 3 rings (SSSR count). The second-order valence-electron chi connectivity index (χ2n) is 5.27. The maximum absolute atomic E-state index is 12.2. The Labute approximate surface area is 127 Å². The number of aryl methyl sites for hydroxylation is 3. The second-order valence-corrected chi connectivity index (χ2v) is 7.66. The molecule has 0 radical (unpaired) electrons. The Bertz CT molecular complexity index is 639. The number of carbonyl (C=O) groups is 1. The van der Waals surface area contributed by atoms with Crippen molar-refractivity contribution in [3.63, 3.8) is 0 Å². The molecule has 0 aliphatic heterocycles. The Balaban J connectivity index is 1.84. The van der Waals surface area contributed by atoms with Gasteiger partial charge in [-0.15, -0.1) is 22.7 Å². The molecule has 106 valence electrons. The molecule has 4 heteroatoms. The lowest BCUT2D eigenvalue weighted by atomic mass is 9.98. The number of amides is 1. The number of nitrogens with one attached hydrogen (secondary N) is 1. The Morgan fingerprint density at radius 3 is 2.95 bits per heavy atom. The predicted octanol–water partition coefficient (Wildman–Crippen LogP) is 4.41. The van der Waals surface area contributed by atoms with E-state index in [9.17, 15) is 4.79 Å². The number of carbonyl (C=O) groups excluding carboxylic acids is 1. The molecule has 2 nitrogen and oxygen atoms in total. The third-order valence-corrected chi connectivity index (χ3v) is 5.97. The maximum Gasteiger partial charge on any atom is 0.261 e. The van der Waals surface area contributed by atoms with Crippen molar-refractivity contribution in [2.75, 3.05) is 6.54 Å². The van der Waals surface area contributed by atoms with Crippen LogP contribution >= 0.6 is 22.7 Å². The van der Waals surface area contributed by atoms with Gasteiger partial charge in [-0.1, -0.05) is 13.3 Å². The Morgan fingerprint density at radius 2 is 2.15 bits per heavy atom. The minimum Gasteiger partial charge on any atom is -0.351 e. The smallest absolute Gasteiger partial charge is 0.261 e.